The van der Waals surface area contributed by atoms with E-state index in [0.717, 1.165) is 93.0 Å². The Bertz CT molecular complexity index is 4330. The van der Waals surface area contributed by atoms with Gasteiger partial charge in [-0.25, -0.2) is 29.4 Å². The molecule has 0 bridgehead atoms. The summed E-state index contributed by atoms with van der Waals surface area (Å²) < 4.78 is 70.1. The van der Waals surface area contributed by atoms with E-state index in [4.69, 9.17) is 19.1 Å². The molecule has 0 radical (unpaired) electrons. The third-order valence-electron chi connectivity index (χ3n) is 22.8. The van der Waals surface area contributed by atoms with Crippen molar-refractivity contribution in [2.45, 2.75) is 179 Å². The molecule has 0 unspecified atom stereocenters. The molecule has 12 heterocycles. The smallest absolute Gasteiger partial charge is 0.870 e. The quantitative estimate of drug-likeness (QED) is 0.0246. The molecule has 6 aromatic rings. The maximum Gasteiger partial charge on any atom is 1.00 e. The molecule has 6 saturated heterocycles. The van der Waals surface area contributed by atoms with Gasteiger partial charge < -0.3 is 80.0 Å². The molecule has 2 amide bonds. The molecule has 0 aliphatic carbocycles. The standard InChI is InChI=1S/C28H35BF2N4O4.C28H36BFN4O4.C13H18BFN3O2.C13H19BN3O2.2Li.2H2O/c1-29(37)18-22-15-20(5-10-32-22)19-34-11-8-28(31,9-12-34)26(36)35-13-6-27(7-14-35)17-24(33-38-2)23-16-21(30)3-4-25(23)39-27;1-29(36)18-23-15-20(5-10-31-23)19-33-11-6-21(7-12-33)27(35)34-13-8-28(9-14-34)17-25(32-37-2)24-16-22(30)3-4-26(24)38-28;1-14(20)17-12-8-11(2-5-16-12)9-18-6-3-13(15,10-19)4-7-18;1-14(19)16-13-8-12(2-5-15-13)9-17-6-3-11(10-18)4-7-17;;;;/h3-5,10,15-16,37H,6-9,11-14,17-19H2,1-2H3;3-5,10,15-16,21,36H,6-9,11-14,17-19H2,1-2H3;2,5,8,20H,3-4,6-7,9H2,1H3,(H,16,17);2,5,8,11,19H,3-4,6-7,9H2,1H3,(H,15,16);;;2*1H2/q;;2*-1;2*+1;;/p-2/b33-24+;32-25+;;;;;;. The van der Waals surface area contributed by atoms with Gasteiger partial charge in [0.15, 0.2) is 5.67 Å². The molecule has 28 nitrogen and oxygen atoms in total. The van der Waals surface area contributed by atoms with Crippen molar-refractivity contribution >= 4 is 75.4 Å². The fourth-order valence-corrected chi connectivity index (χ4v) is 16.5. The number of carbonyl (C=O) groups is 2. The van der Waals surface area contributed by atoms with Crippen molar-refractivity contribution in [3.05, 3.63) is 166 Å². The fourth-order valence-electron chi connectivity index (χ4n) is 16.5. The number of ether oxygens (including phenoxy) is 2. The van der Waals surface area contributed by atoms with Gasteiger partial charge in [-0.05, 0) is 198 Å². The Morgan fingerprint density at radius 2 is 0.892 bits per heavy atom. The minimum Gasteiger partial charge on any atom is -0.870 e. The van der Waals surface area contributed by atoms with E-state index >= 15 is 4.39 Å². The van der Waals surface area contributed by atoms with E-state index in [2.05, 4.69) is 72.7 Å². The molecule has 8 N–H and O–H groups in total. The molecule has 38 heteroatoms. The SMILES string of the molecule is CB(O)Nc1cc(CN2CCC(F)([C-]=O)CC2)ccn1.CB(O)Nc1cc(CN2CCC([C-]=O)CC2)ccn1.CO/N=C1\CC2(CCN(C(=O)C3(F)CCN(Cc4ccnc(CB(C)O)c4)CC3)CC2)Oc2ccc(F)cc21.CO/N=C1\CC2(CCN(C(=O)C3CCN(Cc4ccnc(CB(C)O)c4)CC3)CC2)Oc2ccc(F)cc21.[Li+].[Li+].[OH-].[OH-]. The third kappa shape index (κ3) is 28.4. The van der Waals surface area contributed by atoms with Crippen LogP contribution in [0.5, 0.6) is 11.5 Å². The van der Waals surface area contributed by atoms with E-state index in [-0.39, 0.29) is 104 Å². The summed E-state index contributed by atoms with van der Waals surface area (Å²) in [5, 5.41) is 51.8. The molecule has 2 aromatic carbocycles. The van der Waals surface area contributed by atoms with Gasteiger partial charge in [0.2, 0.25) is 5.91 Å². The predicted octanol–water partition coefficient (Wildman–Crippen LogP) is 2.33. The van der Waals surface area contributed by atoms with E-state index in [0.29, 0.717) is 162 Å². The zero-order chi connectivity index (χ0) is 82.6. The normalized spacial score (nSPS) is 19.3. The average molecular weight is 1650 g/mol. The first-order chi connectivity index (χ1) is 55.7. The van der Waals surface area contributed by atoms with E-state index < -0.39 is 56.4 Å². The maximum absolute atomic E-state index is 15.9. The number of likely N-dealkylation sites (tertiary alicyclic amines) is 6. The number of oxime groups is 2. The summed E-state index contributed by atoms with van der Waals surface area (Å²) in [6, 6.07) is 24.5. The minimum atomic E-state index is -1.88. The van der Waals surface area contributed by atoms with Crippen molar-refractivity contribution in [3.63, 3.8) is 0 Å². The molecule has 0 saturated carbocycles. The molecule has 0 atom stereocenters. The largest absolute Gasteiger partial charge is 1.00 e. The molecular formula is C82H110B4F4Li2N14O14-2. The number of anilines is 2. The van der Waals surface area contributed by atoms with Crippen LogP contribution in [-0.2, 0) is 67.7 Å². The summed E-state index contributed by atoms with van der Waals surface area (Å²) in [7, 11) is 1.67. The van der Waals surface area contributed by atoms with Gasteiger partial charge in [0.25, 0.3) is 19.7 Å². The van der Waals surface area contributed by atoms with Gasteiger partial charge in [-0.1, -0.05) is 36.8 Å². The first kappa shape index (κ1) is 99.3. The number of hydrogen-bond acceptors (Lipinski definition) is 26. The second-order valence-corrected chi connectivity index (χ2v) is 32.2. The van der Waals surface area contributed by atoms with Gasteiger partial charge in [-0.15, -0.1) is 5.92 Å². The number of alkyl halides is 2. The van der Waals surface area contributed by atoms with Crippen molar-refractivity contribution in [1.29, 1.82) is 0 Å². The Balaban J connectivity index is 0.000000229. The van der Waals surface area contributed by atoms with Gasteiger partial charge >= 0.3 is 51.8 Å². The Hall–Kier alpha value is -7.77. The number of halogens is 4. The van der Waals surface area contributed by atoms with Crippen LogP contribution < -0.4 is 57.7 Å². The summed E-state index contributed by atoms with van der Waals surface area (Å²) in [6.07, 6.45) is 19.2. The van der Waals surface area contributed by atoms with Crippen LogP contribution in [0.15, 0.2) is 120 Å². The zero-order valence-corrected chi connectivity index (χ0v) is 70.3. The first-order valence-corrected chi connectivity index (χ1v) is 40.5. The predicted molar refractivity (Wildman–Crippen MR) is 442 cm³/mol. The average Bonchev–Trinajstić information content (AvgIpc) is 0.759. The van der Waals surface area contributed by atoms with E-state index in [9.17, 15) is 52.4 Å². The van der Waals surface area contributed by atoms with Gasteiger partial charge in [0.05, 0.1) is 11.4 Å². The van der Waals surface area contributed by atoms with Crippen LogP contribution in [-0.4, -0.2) is 259 Å². The monoisotopic (exact) mass is 1650 g/mol. The summed E-state index contributed by atoms with van der Waals surface area (Å²) in [5.41, 5.74) is 3.98. The summed E-state index contributed by atoms with van der Waals surface area (Å²) in [5.74, 6) is 1.70. The van der Waals surface area contributed by atoms with Gasteiger partial charge in [-0.3, -0.25) is 49.8 Å². The number of pyridine rings is 4. The fraction of sp³-hybridized carbons (Fsp3) is 0.537. The van der Waals surface area contributed by atoms with Crippen molar-refractivity contribution in [2.24, 2.45) is 22.1 Å². The van der Waals surface area contributed by atoms with Crippen LogP contribution in [0.4, 0.5) is 29.2 Å². The summed E-state index contributed by atoms with van der Waals surface area (Å²) in [6.45, 7) is 16.6. The molecule has 120 heavy (non-hydrogen) atoms. The number of nitrogens with zero attached hydrogens (tertiary/aromatic N) is 12. The second-order valence-electron chi connectivity index (χ2n) is 32.2. The number of piperidine rings is 6. The number of rotatable bonds is 22. The molecule has 6 fully saturated rings. The number of amides is 2. The number of carbonyl (C=O) groups excluding carboxylic acids is 4. The second kappa shape index (κ2) is 46.6. The molecule has 636 valence electrons. The number of hydrogen-bond donors (Lipinski definition) is 6. The molecule has 8 aliphatic rings. The topological polar surface area (TPSA) is 366 Å². The molecular weight excluding hydrogens is 1540 g/mol. The molecule has 4 aromatic heterocycles. The molecule has 2 spiro atoms. The number of benzene rings is 2. The number of nitrogens with one attached hydrogen (secondary N) is 2. The van der Waals surface area contributed by atoms with E-state index in [1.165, 1.54) is 50.3 Å². The third-order valence-corrected chi connectivity index (χ3v) is 22.8. The van der Waals surface area contributed by atoms with Crippen LogP contribution >= 0.6 is 0 Å². The molecule has 8 aliphatic heterocycles. The van der Waals surface area contributed by atoms with Crippen LogP contribution in [0.3, 0.4) is 0 Å². The van der Waals surface area contributed by atoms with Crippen molar-refractivity contribution in [2.75, 3.05) is 103 Å². The van der Waals surface area contributed by atoms with E-state index in [1.807, 2.05) is 53.6 Å². The minimum absolute atomic E-state index is 0. The summed E-state index contributed by atoms with van der Waals surface area (Å²) in [4.78, 5) is 87.4. The number of fused-ring (bicyclic) bond motifs is 2. The van der Waals surface area contributed by atoms with Crippen LogP contribution in [0, 0.1) is 23.5 Å². The summed E-state index contributed by atoms with van der Waals surface area (Å²) >= 11 is 0. The van der Waals surface area contributed by atoms with Crippen LogP contribution in [0.2, 0.25) is 27.3 Å². The first-order valence-electron chi connectivity index (χ1n) is 40.5. The Morgan fingerprint density at radius 1 is 0.517 bits per heavy atom. The molecule has 14 rings (SSSR count). The van der Waals surface area contributed by atoms with Gasteiger partial charge in [-0.2, -0.15) is 0 Å². The van der Waals surface area contributed by atoms with Crippen molar-refractivity contribution in [1.82, 2.24) is 49.3 Å². The van der Waals surface area contributed by atoms with Crippen molar-refractivity contribution < 1.29 is 125 Å². The van der Waals surface area contributed by atoms with E-state index in [1.54, 1.807) is 62.9 Å². The number of aromatic nitrogens is 4. The Labute approximate surface area is 726 Å². The maximum atomic E-state index is 15.9. The Morgan fingerprint density at radius 3 is 1.27 bits per heavy atom. The van der Waals surface area contributed by atoms with Crippen LogP contribution in [0.25, 0.3) is 0 Å². The van der Waals surface area contributed by atoms with Crippen molar-refractivity contribution in [3.8, 4) is 11.5 Å². The van der Waals surface area contributed by atoms with Gasteiger partial charge in [0.1, 0.15) is 60.2 Å². The van der Waals surface area contributed by atoms with Gasteiger partial charge in [0, 0.05) is 176 Å². The zero-order valence-electron chi connectivity index (χ0n) is 70.3. The Kier molecular flexibility index (Phi) is 38.6. The van der Waals surface area contributed by atoms with Crippen LogP contribution in [0.1, 0.15) is 135 Å².